The lowest BCUT2D eigenvalue weighted by Crippen LogP contribution is -2.53. The largest absolute Gasteiger partial charge is 0.392 e. The third kappa shape index (κ3) is 3.14. The fourth-order valence-electron chi connectivity index (χ4n) is 3.99. The van der Waals surface area contributed by atoms with Gasteiger partial charge in [-0.05, 0) is 43.7 Å². The van der Waals surface area contributed by atoms with Crippen molar-refractivity contribution in [2.24, 2.45) is 11.8 Å². The summed E-state index contributed by atoms with van der Waals surface area (Å²) in [4.78, 5) is 4.76. The summed E-state index contributed by atoms with van der Waals surface area (Å²) in [7, 11) is -3.55. The molecule has 2 aromatic rings. The summed E-state index contributed by atoms with van der Waals surface area (Å²) in [5.74, 6) is 0.124. The molecule has 0 spiro atoms. The van der Waals surface area contributed by atoms with Gasteiger partial charge in [-0.2, -0.15) is 4.31 Å². The molecule has 1 N–H and O–H groups in total. The van der Waals surface area contributed by atoms with Gasteiger partial charge in [0, 0.05) is 29.7 Å². The summed E-state index contributed by atoms with van der Waals surface area (Å²) in [5, 5.41) is 13.1. The van der Waals surface area contributed by atoms with Gasteiger partial charge in [-0.25, -0.2) is 13.4 Å². The number of aliphatic hydroxyl groups excluding tert-OH is 1. The number of nitrogens with zero attached hydrogens (tertiary/aromatic N) is 2. The van der Waals surface area contributed by atoms with E-state index >= 15 is 0 Å². The summed E-state index contributed by atoms with van der Waals surface area (Å²) in [5.41, 5.74) is 1.77. The van der Waals surface area contributed by atoms with Gasteiger partial charge in [0.2, 0.25) is 10.0 Å². The topological polar surface area (TPSA) is 70.5 Å². The Balaban J connectivity index is 1.64. The number of hydrogen-bond acceptors (Lipinski definition) is 5. The number of thiazole rings is 1. The van der Waals surface area contributed by atoms with E-state index in [4.69, 9.17) is 0 Å². The van der Waals surface area contributed by atoms with Gasteiger partial charge in [0.05, 0.1) is 11.0 Å². The van der Waals surface area contributed by atoms with Gasteiger partial charge in [0.1, 0.15) is 5.01 Å². The number of piperidine rings is 1. The summed E-state index contributed by atoms with van der Waals surface area (Å²) in [6, 6.07) is 7.04. The zero-order chi connectivity index (χ0) is 17.6. The molecule has 0 radical (unpaired) electrons. The number of aryl methyl sites for hydroxylation is 1. The zero-order valence-corrected chi connectivity index (χ0v) is 15.8. The molecule has 2 fully saturated rings. The van der Waals surface area contributed by atoms with E-state index in [-0.39, 0.29) is 17.9 Å². The highest BCUT2D eigenvalue weighted by molar-refractivity contribution is 7.89. The van der Waals surface area contributed by atoms with Crippen LogP contribution in [0.2, 0.25) is 0 Å². The van der Waals surface area contributed by atoms with Crippen LogP contribution >= 0.6 is 11.3 Å². The van der Waals surface area contributed by atoms with Crippen molar-refractivity contribution in [3.8, 4) is 10.6 Å². The normalized spacial score (nSPS) is 27.4. The summed E-state index contributed by atoms with van der Waals surface area (Å²) in [6.45, 7) is 2.76. The number of benzene rings is 1. The van der Waals surface area contributed by atoms with Gasteiger partial charge in [0.25, 0.3) is 0 Å². The van der Waals surface area contributed by atoms with Gasteiger partial charge < -0.3 is 5.11 Å². The van der Waals surface area contributed by atoms with Crippen LogP contribution in [0.3, 0.4) is 0 Å². The van der Waals surface area contributed by atoms with Gasteiger partial charge in [-0.15, -0.1) is 11.3 Å². The Morgan fingerprint density at radius 2 is 1.96 bits per heavy atom. The molecule has 1 aliphatic carbocycles. The van der Waals surface area contributed by atoms with Crippen molar-refractivity contribution in [2.45, 2.75) is 37.2 Å². The van der Waals surface area contributed by atoms with Crippen molar-refractivity contribution in [3.63, 3.8) is 0 Å². The van der Waals surface area contributed by atoms with Crippen LogP contribution in [0.15, 0.2) is 34.5 Å². The van der Waals surface area contributed by atoms with E-state index in [1.54, 1.807) is 22.5 Å². The van der Waals surface area contributed by atoms with Crippen LogP contribution in [0.4, 0.5) is 0 Å². The lowest BCUT2D eigenvalue weighted by molar-refractivity contribution is -0.0269. The summed E-state index contributed by atoms with van der Waals surface area (Å²) in [6.07, 6.45) is 2.54. The van der Waals surface area contributed by atoms with Crippen molar-refractivity contribution in [1.29, 1.82) is 0 Å². The number of fused-ring (bicyclic) bond motifs is 2. The molecule has 1 aromatic heterocycles. The second kappa shape index (κ2) is 6.46. The maximum atomic E-state index is 13.1. The van der Waals surface area contributed by atoms with Crippen LogP contribution in [0.5, 0.6) is 0 Å². The van der Waals surface area contributed by atoms with E-state index in [1.807, 2.05) is 18.4 Å². The highest BCUT2D eigenvalue weighted by Crippen LogP contribution is 2.37. The molecule has 2 aliphatic rings. The van der Waals surface area contributed by atoms with Crippen LogP contribution in [0.25, 0.3) is 10.6 Å². The number of sulfonamides is 1. The first-order valence-electron chi connectivity index (χ1n) is 8.66. The second-order valence-corrected chi connectivity index (χ2v) is 9.88. The number of hydrogen-bond donors (Lipinski definition) is 1. The van der Waals surface area contributed by atoms with Crippen LogP contribution in [0, 0.1) is 18.8 Å². The Hall–Kier alpha value is -1.28. The number of aliphatic hydroxyl groups is 1. The molecule has 2 atom stereocenters. The van der Waals surface area contributed by atoms with E-state index in [2.05, 4.69) is 4.98 Å². The van der Waals surface area contributed by atoms with Crippen molar-refractivity contribution < 1.29 is 13.5 Å². The molecule has 134 valence electrons. The van der Waals surface area contributed by atoms with Gasteiger partial charge in [0.15, 0.2) is 0 Å². The van der Waals surface area contributed by atoms with Crippen LogP contribution < -0.4 is 0 Å². The minimum atomic E-state index is -3.55. The standard InChI is InChI=1S/C18H22N2O3S2/c1-12-11-24-18(19-12)13-4-3-7-16(8-13)25(22,23)20-9-14-5-2-6-15(10-20)17(14)21/h3-4,7-8,11,14-15,17,21H,2,5-6,9-10H2,1H3. The van der Waals surface area contributed by atoms with Crippen LogP contribution in [-0.4, -0.2) is 42.0 Å². The van der Waals surface area contributed by atoms with E-state index in [0.717, 1.165) is 35.5 Å². The van der Waals surface area contributed by atoms with Gasteiger partial charge in [-0.3, -0.25) is 0 Å². The van der Waals surface area contributed by atoms with Crippen molar-refractivity contribution in [3.05, 3.63) is 35.3 Å². The zero-order valence-electron chi connectivity index (χ0n) is 14.1. The minimum absolute atomic E-state index is 0.0621. The van der Waals surface area contributed by atoms with Crippen LogP contribution in [-0.2, 0) is 10.0 Å². The monoisotopic (exact) mass is 378 g/mol. The molecule has 0 amide bonds. The van der Waals surface area contributed by atoms with Crippen LogP contribution in [0.1, 0.15) is 25.0 Å². The molecule has 2 bridgehead atoms. The first-order valence-corrected chi connectivity index (χ1v) is 11.0. The molecule has 7 heteroatoms. The molecule has 1 saturated carbocycles. The average molecular weight is 379 g/mol. The van der Waals surface area contributed by atoms with Crippen molar-refractivity contribution in [2.75, 3.05) is 13.1 Å². The van der Waals surface area contributed by atoms with E-state index in [9.17, 15) is 13.5 Å². The third-order valence-corrected chi connectivity index (χ3v) is 8.17. The minimum Gasteiger partial charge on any atom is -0.392 e. The van der Waals surface area contributed by atoms with Crippen molar-refractivity contribution in [1.82, 2.24) is 9.29 Å². The second-order valence-electron chi connectivity index (χ2n) is 7.09. The maximum absolute atomic E-state index is 13.1. The molecule has 1 saturated heterocycles. The first kappa shape index (κ1) is 17.1. The Morgan fingerprint density at radius 3 is 2.60 bits per heavy atom. The molecule has 1 aromatic carbocycles. The molecule has 2 unspecified atom stereocenters. The molecular weight excluding hydrogens is 356 g/mol. The fourth-order valence-corrected chi connectivity index (χ4v) is 6.38. The Morgan fingerprint density at radius 1 is 1.24 bits per heavy atom. The van der Waals surface area contributed by atoms with E-state index in [1.165, 1.54) is 11.3 Å². The molecule has 5 nitrogen and oxygen atoms in total. The maximum Gasteiger partial charge on any atom is 0.243 e. The van der Waals surface area contributed by atoms with Crippen molar-refractivity contribution >= 4 is 21.4 Å². The average Bonchev–Trinajstić information content (AvgIpc) is 3.01. The lowest BCUT2D eigenvalue weighted by atomic mass is 9.76. The summed E-state index contributed by atoms with van der Waals surface area (Å²) < 4.78 is 27.9. The quantitative estimate of drug-likeness (QED) is 0.891. The molecular formula is C18H22N2O3S2. The Bertz CT molecular complexity index is 864. The number of rotatable bonds is 3. The fraction of sp³-hybridized carbons (Fsp3) is 0.500. The lowest BCUT2D eigenvalue weighted by Gasteiger charge is -2.44. The Labute approximate surface area is 152 Å². The highest BCUT2D eigenvalue weighted by Gasteiger charge is 2.42. The predicted octanol–water partition coefficient (Wildman–Crippen LogP) is 2.90. The number of aromatic nitrogens is 1. The third-order valence-electron chi connectivity index (χ3n) is 5.33. The summed E-state index contributed by atoms with van der Waals surface area (Å²) >= 11 is 1.52. The molecule has 2 heterocycles. The smallest absolute Gasteiger partial charge is 0.243 e. The molecule has 1 aliphatic heterocycles. The first-order chi connectivity index (χ1) is 11.9. The van der Waals surface area contributed by atoms with E-state index < -0.39 is 10.0 Å². The predicted molar refractivity (Wildman–Crippen MR) is 97.9 cm³/mol. The Kier molecular flexibility index (Phi) is 4.43. The molecule has 25 heavy (non-hydrogen) atoms. The SMILES string of the molecule is Cc1csc(-c2cccc(S(=O)(=O)N3CC4CCCC(C3)C4O)c2)n1. The van der Waals surface area contributed by atoms with E-state index in [0.29, 0.717) is 18.0 Å². The van der Waals surface area contributed by atoms with Gasteiger partial charge in [-0.1, -0.05) is 18.6 Å². The highest BCUT2D eigenvalue weighted by atomic mass is 32.2. The van der Waals surface area contributed by atoms with Gasteiger partial charge >= 0.3 is 0 Å². The molecule has 4 rings (SSSR count).